The highest BCUT2D eigenvalue weighted by atomic mass is 35.5. The molecule has 1 heterocycles. The molecule has 1 aliphatic heterocycles. The van der Waals surface area contributed by atoms with Gasteiger partial charge in [0.1, 0.15) is 11.6 Å². The fourth-order valence-corrected chi connectivity index (χ4v) is 5.43. The lowest BCUT2D eigenvalue weighted by Gasteiger charge is -2.29. The van der Waals surface area contributed by atoms with Gasteiger partial charge < -0.3 is 15.1 Å². The van der Waals surface area contributed by atoms with E-state index in [0.717, 1.165) is 11.1 Å². The van der Waals surface area contributed by atoms with Gasteiger partial charge in [0, 0.05) is 85.6 Å². The van der Waals surface area contributed by atoms with Crippen LogP contribution in [0.25, 0.3) is 12.2 Å². The first kappa shape index (κ1) is 31.2. The Morgan fingerprint density at radius 1 is 0.718 bits per heavy atom. The number of hydrogen-bond donors (Lipinski definition) is 1. The van der Waals surface area contributed by atoms with E-state index >= 15 is 0 Å². The van der Waals surface area contributed by atoms with Gasteiger partial charge in [0.2, 0.25) is 0 Å². The molecule has 1 saturated heterocycles. The molecule has 10 heteroatoms. The van der Waals surface area contributed by atoms with Crippen LogP contribution in [0.3, 0.4) is 0 Å². The number of carbonyl (C=O) groups excluding carboxylic acids is 3. The molecular formula is C29H31Cl4N3O3. The Kier molecular flexibility index (Phi) is 11.1. The molecule has 2 aromatic carbocycles. The molecule has 208 valence electrons. The summed E-state index contributed by atoms with van der Waals surface area (Å²) >= 11 is 24.5. The van der Waals surface area contributed by atoms with Crippen LogP contribution in [-0.4, -0.2) is 68.4 Å². The van der Waals surface area contributed by atoms with Crippen molar-refractivity contribution in [3.8, 4) is 0 Å². The summed E-state index contributed by atoms with van der Waals surface area (Å²) in [6.45, 7) is 0.394. The van der Waals surface area contributed by atoms with Crippen molar-refractivity contribution in [2.45, 2.75) is 12.8 Å². The fourth-order valence-electron chi connectivity index (χ4n) is 4.34. The van der Waals surface area contributed by atoms with Gasteiger partial charge in [-0.25, -0.2) is 0 Å². The molecule has 3 rings (SSSR count). The van der Waals surface area contributed by atoms with Crippen molar-refractivity contribution < 1.29 is 14.4 Å². The topological polar surface area (TPSA) is 69.7 Å². The number of piperidine rings is 1. The maximum Gasteiger partial charge on any atom is 0.156 e. The number of nitrogens with zero attached hydrogens (tertiary/aromatic N) is 2. The standard InChI is InChI=1S/C29H31Cl4N3O3/c1-35(2)23(9-17-5-19(30)11-20(31)6-17)13-27(37)25-15-34-16-26(29(25)39)28(38)14-24(36(3)4)10-18-7-21(32)12-22(33)8-18/h5-12,25-26,34H,13-16H2,1-4H3/b23-9+,24-10+. The molecule has 2 atom stereocenters. The monoisotopic (exact) mass is 609 g/mol. The van der Waals surface area contributed by atoms with Crippen molar-refractivity contribution in [3.63, 3.8) is 0 Å². The van der Waals surface area contributed by atoms with Gasteiger partial charge in [-0.05, 0) is 59.7 Å². The van der Waals surface area contributed by atoms with Crippen LogP contribution in [0.5, 0.6) is 0 Å². The number of carbonyl (C=O) groups is 3. The van der Waals surface area contributed by atoms with E-state index < -0.39 is 11.8 Å². The first-order valence-electron chi connectivity index (χ1n) is 12.3. The van der Waals surface area contributed by atoms with Gasteiger partial charge in [-0.3, -0.25) is 14.4 Å². The molecular weight excluding hydrogens is 580 g/mol. The van der Waals surface area contributed by atoms with E-state index in [0.29, 0.717) is 31.5 Å². The summed E-state index contributed by atoms with van der Waals surface area (Å²) < 4.78 is 0. The number of halogens is 4. The highest BCUT2D eigenvalue weighted by Gasteiger charge is 2.39. The van der Waals surface area contributed by atoms with Crippen LogP contribution in [0.4, 0.5) is 0 Å². The van der Waals surface area contributed by atoms with E-state index in [1.165, 1.54) is 0 Å². The quantitative estimate of drug-likeness (QED) is 0.327. The first-order valence-corrected chi connectivity index (χ1v) is 13.8. The zero-order chi connectivity index (χ0) is 28.9. The molecule has 0 spiro atoms. The maximum atomic E-state index is 13.4. The summed E-state index contributed by atoms with van der Waals surface area (Å²) in [5.74, 6) is -2.70. The Morgan fingerprint density at radius 2 is 1.05 bits per heavy atom. The number of hydrogen-bond acceptors (Lipinski definition) is 6. The normalized spacial score (nSPS) is 18.2. The molecule has 0 amide bonds. The lowest BCUT2D eigenvalue weighted by atomic mass is 9.81. The summed E-state index contributed by atoms with van der Waals surface area (Å²) in [5.41, 5.74) is 2.87. The average Bonchev–Trinajstić information content (AvgIpc) is 2.81. The molecule has 0 aromatic heterocycles. The van der Waals surface area contributed by atoms with Crippen LogP contribution >= 0.6 is 46.4 Å². The van der Waals surface area contributed by atoms with Crippen molar-refractivity contribution in [2.75, 3.05) is 41.3 Å². The van der Waals surface area contributed by atoms with Crippen molar-refractivity contribution in [3.05, 3.63) is 79.0 Å². The molecule has 1 fully saturated rings. The van der Waals surface area contributed by atoms with Crippen LogP contribution in [0.15, 0.2) is 47.8 Å². The van der Waals surface area contributed by atoms with E-state index in [4.69, 9.17) is 46.4 Å². The van der Waals surface area contributed by atoms with Crippen LogP contribution in [0, 0.1) is 11.8 Å². The minimum atomic E-state index is -0.919. The third-order valence-electron chi connectivity index (χ3n) is 6.46. The van der Waals surface area contributed by atoms with E-state index in [-0.39, 0.29) is 43.3 Å². The van der Waals surface area contributed by atoms with Gasteiger partial charge in [0.25, 0.3) is 0 Å². The number of nitrogens with one attached hydrogen (secondary N) is 1. The number of rotatable bonds is 10. The first-order chi connectivity index (χ1) is 18.3. The molecule has 2 aromatic rings. The van der Waals surface area contributed by atoms with E-state index in [1.54, 1.807) is 36.4 Å². The molecule has 1 N–H and O–H groups in total. The maximum absolute atomic E-state index is 13.4. The Bertz CT molecular complexity index is 1180. The van der Waals surface area contributed by atoms with Crippen molar-refractivity contribution >= 4 is 75.9 Å². The molecule has 6 nitrogen and oxygen atoms in total. The van der Waals surface area contributed by atoms with Crippen molar-refractivity contribution in [1.29, 1.82) is 0 Å². The van der Waals surface area contributed by atoms with Gasteiger partial charge in [-0.15, -0.1) is 0 Å². The molecule has 0 radical (unpaired) electrons. The van der Waals surface area contributed by atoms with Crippen molar-refractivity contribution in [1.82, 2.24) is 15.1 Å². The second-order valence-electron chi connectivity index (χ2n) is 9.92. The zero-order valence-corrected chi connectivity index (χ0v) is 25.3. The Morgan fingerprint density at radius 3 is 1.36 bits per heavy atom. The Labute approximate surface area is 249 Å². The predicted molar refractivity (Wildman–Crippen MR) is 160 cm³/mol. The number of Topliss-reactive ketones (excluding diaryl/α,β-unsaturated/α-hetero) is 3. The van der Waals surface area contributed by atoms with E-state index in [1.807, 2.05) is 50.1 Å². The molecule has 2 unspecified atom stereocenters. The van der Waals surface area contributed by atoms with Gasteiger partial charge >= 0.3 is 0 Å². The number of benzene rings is 2. The molecule has 1 aliphatic rings. The van der Waals surface area contributed by atoms with Gasteiger partial charge in [0.05, 0.1) is 11.8 Å². The summed E-state index contributed by atoms with van der Waals surface area (Å²) in [7, 11) is 7.28. The predicted octanol–water partition coefficient (Wildman–Crippen LogP) is 6.13. The van der Waals surface area contributed by atoms with Gasteiger partial charge in [-0.1, -0.05) is 46.4 Å². The second kappa shape index (κ2) is 13.8. The highest BCUT2D eigenvalue weighted by Crippen LogP contribution is 2.26. The minimum absolute atomic E-state index is 0.0223. The van der Waals surface area contributed by atoms with Gasteiger partial charge in [-0.2, -0.15) is 0 Å². The van der Waals surface area contributed by atoms with E-state index in [9.17, 15) is 14.4 Å². The number of ketones is 3. The third kappa shape index (κ3) is 8.82. The third-order valence-corrected chi connectivity index (χ3v) is 7.33. The highest BCUT2D eigenvalue weighted by molar-refractivity contribution is 6.35. The lowest BCUT2D eigenvalue weighted by molar-refractivity contribution is -0.140. The Hall–Kier alpha value is -2.35. The molecule has 0 saturated carbocycles. The minimum Gasteiger partial charge on any atom is -0.381 e. The summed E-state index contributed by atoms with van der Waals surface area (Å²) in [6, 6.07) is 10.2. The van der Waals surface area contributed by atoms with Crippen molar-refractivity contribution in [2.24, 2.45) is 11.8 Å². The van der Waals surface area contributed by atoms with Gasteiger partial charge in [0.15, 0.2) is 5.78 Å². The summed E-state index contributed by atoms with van der Waals surface area (Å²) in [6.07, 6.45) is 3.67. The smallest absolute Gasteiger partial charge is 0.156 e. The zero-order valence-electron chi connectivity index (χ0n) is 22.2. The van der Waals surface area contributed by atoms with E-state index in [2.05, 4.69) is 5.32 Å². The van der Waals surface area contributed by atoms with Crippen LogP contribution in [-0.2, 0) is 14.4 Å². The SMILES string of the molecule is CN(C)/C(=C/c1cc(Cl)cc(Cl)c1)CC(=O)C1CNCC(C(=O)C/C(=C\c2cc(Cl)cc(Cl)c2)N(C)C)C1=O. The molecule has 0 aliphatic carbocycles. The summed E-state index contributed by atoms with van der Waals surface area (Å²) in [5, 5.41) is 5.04. The van der Waals surface area contributed by atoms with Crippen LogP contribution < -0.4 is 5.32 Å². The Balaban J connectivity index is 1.76. The fraction of sp³-hybridized carbons (Fsp3) is 0.345. The molecule has 0 bridgehead atoms. The lowest BCUT2D eigenvalue weighted by Crippen LogP contribution is -2.50. The van der Waals surface area contributed by atoms with Crippen LogP contribution in [0.2, 0.25) is 20.1 Å². The second-order valence-corrected chi connectivity index (χ2v) is 11.7. The summed E-state index contributed by atoms with van der Waals surface area (Å²) in [4.78, 5) is 43.6. The average molecular weight is 611 g/mol. The van der Waals surface area contributed by atoms with Crippen LogP contribution in [0.1, 0.15) is 24.0 Å². The molecule has 39 heavy (non-hydrogen) atoms. The number of allylic oxidation sites excluding steroid dienone is 2. The largest absolute Gasteiger partial charge is 0.381 e.